The van der Waals surface area contributed by atoms with Gasteiger partial charge in [0.25, 0.3) is 0 Å². The smallest absolute Gasteiger partial charge is 0.410 e. The second-order valence-electron chi connectivity index (χ2n) is 7.32. The number of halogens is 2. The molecule has 2 aromatic rings. The highest BCUT2D eigenvalue weighted by atomic mass is 19.1. The molecule has 8 heteroatoms. The molecule has 0 unspecified atom stereocenters. The van der Waals surface area contributed by atoms with Gasteiger partial charge in [-0.1, -0.05) is 0 Å². The molecule has 1 aromatic carbocycles. The topological polar surface area (TPSA) is 58.6 Å². The lowest BCUT2D eigenvalue weighted by Crippen LogP contribution is -2.50. The van der Waals surface area contributed by atoms with Gasteiger partial charge in [-0.25, -0.2) is 23.5 Å². The summed E-state index contributed by atoms with van der Waals surface area (Å²) in [4.78, 5) is 24.4. The Labute approximate surface area is 156 Å². The van der Waals surface area contributed by atoms with Gasteiger partial charge in [-0.2, -0.15) is 0 Å². The van der Waals surface area contributed by atoms with Crippen LogP contribution in [0.4, 0.5) is 19.5 Å². The number of hydrogen-bond donors (Lipinski definition) is 0. The molecule has 6 nitrogen and oxygen atoms in total. The van der Waals surface area contributed by atoms with Gasteiger partial charge in [0.05, 0.1) is 5.69 Å². The average Bonchev–Trinajstić information content (AvgIpc) is 2.60. The number of carbonyl (C=O) groups is 1. The third-order valence-electron chi connectivity index (χ3n) is 4.06. The van der Waals surface area contributed by atoms with E-state index in [2.05, 4.69) is 9.97 Å². The van der Waals surface area contributed by atoms with Crippen molar-refractivity contribution in [2.75, 3.05) is 31.1 Å². The second kappa shape index (κ2) is 7.46. The number of rotatable bonds is 2. The fourth-order valence-corrected chi connectivity index (χ4v) is 2.76. The van der Waals surface area contributed by atoms with Crippen molar-refractivity contribution in [3.63, 3.8) is 0 Å². The first-order chi connectivity index (χ1) is 12.7. The first kappa shape index (κ1) is 19.0. The number of benzene rings is 1. The van der Waals surface area contributed by atoms with Crippen LogP contribution < -0.4 is 4.90 Å². The third kappa shape index (κ3) is 4.69. The van der Waals surface area contributed by atoms with E-state index in [1.165, 1.54) is 12.1 Å². The van der Waals surface area contributed by atoms with Gasteiger partial charge in [-0.05, 0) is 39.0 Å². The van der Waals surface area contributed by atoms with Crippen LogP contribution in [0.1, 0.15) is 20.8 Å². The summed E-state index contributed by atoms with van der Waals surface area (Å²) in [5, 5.41) is 0. The maximum Gasteiger partial charge on any atom is 0.410 e. The van der Waals surface area contributed by atoms with E-state index in [4.69, 9.17) is 4.74 Å². The number of nitrogens with zero attached hydrogens (tertiary/aromatic N) is 4. The third-order valence-corrected chi connectivity index (χ3v) is 4.06. The summed E-state index contributed by atoms with van der Waals surface area (Å²) in [6.45, 7) is 7.52. The molecule has 1 fully saturated rings. The van der Waals surface area contributed by atoms with E-state index in [1.54, 1.807) is 17.2 Å². The summed E-state index contributed by atoms with van der Waals surface area (Å²) in [6.07, 6.45) is 1.20. The molecule has 144 valence electrons. The van der Waals surface area contributed by atoms with Crippen LogP contribution in [-0.4, -0.2) is 52.7 Å². The summed E-state index contributed by atoms with van der Waals surface area (Å²) in [7, 11) is 0. The van der Waals surface area contributed by atoms with Gasteiger partial charge in [0.2, 0.25) is 5.95 Å². The van der Waals surface area contributed by atoms with Crippen molar-refractivity contribution in [1.29, 1.82) is 0 Å². The maximum absolute atomic E-state index is 14.0. The second-order valence-corrected chi connectivity index (χ2v) is 7.32. The first-order valence-corrected chi connectivity index (χ1v) is 8.74. The van der Waals surface area contributed by atoms with Crippen molar-refractivity contribution in [1.82, 2.24) is 14.9 Å². The predicted octanol–water partition coefficient (Wildman–Crippen LogP) is 3.48. The molecular formula is C19H22F2N4O2. The van der Waals surface area contributed by atoms with Gasteiger partial charge in [0, 0.05) is 44.0 Å². The van der Waals surface area contributed by atoms with Gasteiger partial charge < -0.3 is 14.5 Å². The van der Waals surface area contributed by atoms with Gasteiger partial charge in [-0.15, -0.1) is 0 Å². The number of anilines is 1. The van der Waals surface area contributed by atoms with E-state index in [1.807, 2.05) is 25.7 Å². The molecule has 0 aliphatic carbocycles. The molecule has 0 bridgehead atoms. The van der Waals surface area contributed by atoms with Crippen molar-refractivity contribution in [3.8, 4) is 11.3 Å². The molecule has 3 rings (SSSR count). The zero-order chi connectivity index (χ0) is 19.6. The number of aromatic nitrogens is 2. The standard InChI is InChI=1S/C19H22F2N4O2/c1-19(2,3)27-18(26)25-10-8-24(9-11-25)17-22-7-6-16(23-17)14-5-4-13(20)12-15(14)21/h4-7,12H,8-11H2,1-3H3. The van der Waals surface area contributed by atoms with Crippen LogP contribution >= 0.6 is 0 Å². The lowest BCUT2D eigenvalue weighted by atomic mass is 10.1. The molecule has 2 heterocycles. The molecule has 0 saturated carbocycles. The van der Waals surface area contributed by atoms with Crippen molar-refractivity contribution >= 4 is 12.0 Å². The summed E-state index contributed by atoms with van der Waals surface area (Å²) in [6, 6.07) is 4.96. The van der Waals surface area contributed by atoms with Gasteiger partial charge in [0.1, 0.15) is 17.2 Å². The first-order valence-electron chi connectivity index (χ1n) is 8.74. The van der Waals surface area contributed by atoms with Crippen molar-refractivity contribution in [2.45, 2.75) is 26.4 Å². The maximum atomic E-state index is 14.0. The largest absolute Gasteiger partial charge is 0.444 e. The summed E-state index contributed by atoms with van der Waals surface area (Å²) >= 11 is 0. The number of hydrogen-bond acceptors (Lipinski definition) is 5. The number of amides is 1. The molecular weight excluding hydrogens is 354 g/mol. The quantitative estimate of drug-likeness (QED) is 0.803. The molecule has 1 aliphatic heterocycles. The van der Waals surface area contributed by atoms with Gasteiger partial charge in [-0.3, -0.25) is 0 Å². The monoisotopic (exact) mass is 376 g/mol. The zero-order valence-electron chi connectivity index (χ0n) is 15.6. The predicted molar refractivity (Wildman–Crippen MR) is 97.4 cm³/mol. The molecule has 0 radical (unpaired) electrons. The fourth-order valence-electron chi connectivity index (χ4n) is 2.76. The minimum Gasteiger partial charge on any atom is -0.444 e. The Hall–Kier alpha value is -2.77. The Bertz CT molecular complexity index is 831. The lowest BCUT2D eigenvalue weighted by molar-refractivity contribution is 0.0240. The normalized spacial score (nSPS) is 15.0. The molecule has 27 heavy (non-hydrogen) atoms. The van der Waals surface area contributed by atoms with Crippen LogP contribution in [0.3, 0.4) is 0 Å². The van der Waals surface area contributed by atoms with E-state index in [0.717, 1.165) is 6.07 Å². The van der Waals surface area contributed by atoms with E-state index < -0.39 is 17.2 Å². The summed E-state index contributed by atoms with van der Waals surface area (Å²) in [5.74, 6) is -0.863. The molecule has 1 aromatic heterocycles. The Kier molecular flexibility index (Phi) is 5.25. The van der Waals surface area contributed by atoms with E-state index in [0.29, 0.717) is 37.8 Å². The van der Waals surface area contributed by atoms with Crippen LogP contribution in [0, 0.1) is 11.6 Å². The molecule has 0 spiro atoms. The highest BCUT2D eigenvalue weighted by Crippen LogP contribution is 2.23. The van der Waals surface area contributed by atoms with E-state index >= 15 is 0 Å². The van der Waals surface area contributed by atoms with Crippen LogP contribution in [-0.2, 0) is 4.74 Å². The fraction of sp³-hybridized carbons (Fsp3) is 0.421. The molecule has 1 saturated heterocycles. The van der Waals surface area contributed by atoms with Crippen LogP contribution in [0.15, 0.2) is 30.5 Å². The van der Waals surface area contributed by atoms with Crippen molar-refractivity contribution in [2.24, 2.45) is 0 Å². The Morgan fingerprint density at radius 1 is 1.11 bits per heavy atom. The highest BCUT2D eigenvalue weighted by molar-refractivity contribution is 5.68. The van der Waals surface area contributed by atoms with Crippen molar-refractivity contribution < 1.29 is 18.3 Å². The van der Waals surface area contributed by atoms with Crippen LogP contribution in [0.25, 0.3) is 11.3 Å². The Balaban J connectivity index is 1.69. The molecule has 1 aliphatic rings. The number of carbonyl (C=O) groups excluding carboxylic acids is 1. The Morgan fingerprint density at radius 3 is 2.44 bits per heavy atom. The van der Waals surface area contributed by atoms with Crippen LogP contribution in [0.2, 0.25) is 0 Å². The summed E-state index contributed by atoms with van der Waals surface area (Å²) < 4.78 is 32.5. The van der Waals surface area contributed by atoms with E-state index in [-0.39, 0.29) is 11.7 Å². The highest BCUT2D eigenvalue weighted by Gasteiger charge is 2.26. The molecule has 0 atom stereocenters. The minimum absolute atomic E-state index is 0.215. The lowest BCUT2D eigenvalue weighted by Gasteiger charge is -2.35. The van der Waals surface area contributed by atoms with Crippen molar-refractivity contribution in [3.05, 3.63) is 42.1 Å². The van der Waals surface area contributed by atoms with Crippen LogP contribution in [0.5, 0.6) is 0 Å². The zero-order valence-corrected chi connectivity index (χ0v) is 15.6. The summed E-state index contributed by atoms with van der Waals surface area (Å²) in [5.41, 5.74) is 0.0600. The molecule has 1 amide bonds. The minimum atomic E-state index is -0.672. The van der Waals surface area contributed by atoms with Gasteiger partial charge in [0.15, 0.2) is 0 Å². The Morgan fingerprint density at radius 2 is 1.81 bits per heavy atom. The number of ether oxygens (including phenoxy) is 1. The number of piperazine rings is 1. The molecule has 0 N–H and O–H groups in total. The van der Waals surface area contributed by atoms with E-state index in [9.17, 15) is 13.6 Å². The van der Waals surface area contributed by atoms with Gasteiger partial charge >= 0.3 is 6.09 Å². The SMILES string of the molecule is CC(C)(C)OC(=O)N1CCN(c2nccc(-c3ccc(F)cc3F)n2)CC1. The average molecular weight is 376 g/mol.